The number of rotatable bonds is 7. The zero-order valence-corrected chi connectivity index (χ0v) is 15.9. The van der Waals surface area contributed by atoms with Gasteiger partial charge in [0.2, 0.25) is 0 Å². The second-order valence-electron chi connectivity index (χ2n) is 6.20. The van der Waals surface area contributed by atoms with Crippen molar-refractivity contribution in [3.63, 3.8) is 0 Å². The summed E-state index contributed by atoms with van der Waals surface area (Å²) in [5.41, 5.74) is 0.507. The Morgan fingerprint density at radius 2 is 1.64 bits per heavy atom. The van der Waals surface area contributed by atoms with Crippen LogP contribution in [0, 0.1) is 0 Å². The molecule has 3 atom stereocenters. The molecule has 0 saturated carbocycles. The molecule has 0 radical (unpaired) electrons. The molecule has 0 bridgehead atoms. The minimum Gasteiger partial charge on any atom is -0.463 e. The van der Waals surface area contributed by atoms with E-state index in [9.17, 15) is 19.2 Å². The third-order valence-corrected chi connectivity index (χ3v) is 3.81. The van der Waals surface area contributed by atoms with Crippen LogP contribution in [0.3, 0.4) is 0 Å². The first-order chi connectivity index (χ1) is 13.3. The molecule has 0 N–H and O–H groups in total. The SMILES string of the molecule is CC(=O)OC[C@H]1O[C@H](CC(=O)c2ccccc2)C=C(OC(C)=O)[C@@H]1OC(C)=O. The first-order valence-corrected chi connectivity index (χ1v) is 8.70. The Kier molecular flexibility index (Phi) is 7.45. The number of carbonyl (C=O) groups is 4. The molecule has 28 heavy (non-hydrogen) atoms. The van der Waals surface area contributed by atoms with Crippen LogP contribution in [-0.4, -0.2) is 48.6 Å². The number of hydrogen-bond acceptors (Lipinski definition) is 8. The molecule has 8 heteroatoms. The van der Waals surface area contributed by atoms with Crippen molar-refractivity contribution in [1.82, 2.24) is 0 Å². The van der Waals surface area contributed by atoms with Gasteiger partial charge >= 0.3 is 17.9 Å². The van der Waals surface area contributed by atoms with E-state index in [1.165, 1.54) is 26.8 Å². The van der Waals surface area contributed by atoms with E-state index in [1.807, 2.05) is 0 Å². The van der Waals surface area contributed by atoms with Crippen molar-refractivity contribution in [2.75, 3.05) is 6.61 Å². The fourth-order valence-electron chi connectivity index (χ4n) is 2.73. The summed E-state index contributed by atoms with van der Waals surface area (Å²) in [6.45, 7) is 3.39. The van der Waals surface area contributed by atoms with E-state index in [4.69, 9.17) is 18.9 Å². The lowest BCUT2D eigenvalue weighted by molar-refractivity contribution is -0.172. The normalized spacial score (nSPS) is 21.2. The third-order valence-electron chi connectivity index (χ3n) is 3.81. The lowest BCUT2D eigenvalue weighted by Gasteiger charge is -2.34. The quantitative estimate of drug-likeness (QED) is 0.395. The average molecular weight is 390 g/mol. The van der Waals surface area contributed by atoms with E-state index in [1.54, 1.807) is 30.3 Å². The lowest BCUT2D eigenvalue weighted by Crippen LogP contribution is -2.45. The van der Waals surface area contributed by atoms with Gasteiger partial charge in [-0.25, -0.2) is 0 Å². The number of carbonyl (C=O) groups excluding carboxylic acids is 4. The second-order valence-corrected chi connectivity index (χ2v) is 6.20. The van der Waals surface area contributed by atoms with Crippen LogP contribution in [-0.2, 0) is 33.3 Å². The molecule has 1 heterocycles. The number of hydrogen-bond donors (Lipinski definition) is 0. The first kappa shape index (κ1) is 21.3. The summed E-state index contributed by atoms with van der Waals surface area (Å²) in [7, 11) is 0. The zero-order chi connectivity index (χ0) is 20.7. The van der Waals surface area contributed by atoms with E-state index in [0.717, 1.165) is 0 Å². The topological polar surface area (TPSA) is 105 Å². The lowest BCUT2D eigenvalue weighted by atomic mass is 10.0. The average Bonchev–Trinajstić information content (AvgIpc) is 2.62. The molecule has 2 rings (SSSR count). The molecule has 8 nitrogen and oxygen atoms in total. The van der Waals surface area contributed by atoms with Crippen LogP contribution in [0.1, 0.15) is 37.6 Å². The molecule has 0 spiro atoms. The first-order valence-electron chi connectivity index (χ1n) is 8.70. The van der Waals surface area contributed by atoms with E-state index in [-0.39, 0.29) is 24.6 Å². The molecule has 1 aromatic rings. The van der Waals surface area contributed by atoms with Gasteiger partial charge in [0.25, 0.3) is 0 Å². The van der Waals surface area contributed by atoms with E-state index in [0.29, 0.717) is 5.56 Å². The third kappa shape index (κ3) is 6.31. The fourth-order valence-corrected chi connectivity index (χ4v) is 2.73. The highest BCUT2D eigenvalue weighted by Gasteiger charge is 2.38. The summed E-state index contributed by atoms with van der Waals surface area (Å²) in [4.78, 5) is 46.6. The van der Waals surface area contributed by atoms with Crippen molar-refractivity contribution < 1.29 is 38.1 Å². The fraction of sp³-hybridized carbons (Fsp3) is 0.400. The molecule has 1 aromatic carbocycles. The van der Waals surface area contributed by atoms with Crippen molar-refractivity contribution in [1.29, 1.82) is 0 Å². The number of ketones is 1. The van der Waals surface area contributed by atoms with Crippen LogP contribution in [0.4, 0.5) is 0 Å². The summed E-state index contributed by atoms with van der Waals surface area (Å²) in [6, 6.07) is 8.65. The predicted octanol–water partition coefficient (Wildman–Crippen LogP) is 1.97. The molecule has 0 fully saturated rings. The van der Waals surface area contributed by atoms with Crippen molar-refractivity contribution in [2.24, 2.45) is 0 Å². The minimum atomic E-state index is -1.08. The van der Waals surface area contributed by atoms with Crippen LogP contribution in [0.2, 0.25) is 0 Å². The number of ether oxygens (including phenoxy) is 4. The molecule has 1 aliphatic heterocycles. The molecule has 0 saturated heterocycles. The van der Waals surface area contributed by atoms with Crippen LogP contribution in [0.25, 0.3) is 0 Å². The molecular formula is C20H22O8. The standard InChI is InChI=1S/C20H22O8/c1-12(21)25-11-19-20(27-14(3)23)18(26-13(2)22)10-16(28-19)9-17(24)15-7-5-4-6-8-15/h4-8,10,16,19-20H,9,11H2,1-3H3/t16-,19-,20+/m1/s1. The summed E-state index contributed by atoms with van der Waals surface area (Å²) < 4.78 is 21.2. The van der Waals surface area contributed by atoms with Crippen LogP contribution in [0.5, 0.6) is 0 Å². The highest BCUT2D eigenvalue weighted by molar-refractivity contribution is 5.96. The van der Waals surface area contributed by atoms with Gasteiger partial charge in [0.05, 0.1) is 6.10 Å². The van der Waals surface area contributed by atoms with Gasteiger partial charge in [0, 0.05) is 32.8 Å². The Hall–Kier alpha value is -3.00. The van der Waals surface area contributed by atoms with Crippen molar-refractivity contribution in [2.45, 2.75) is 45.5 Å². The Labute approximate surface area is 162 Å². The van der Waals surface area contributed by atoms with Gasteiger partial charge in [-0.05, 0) is 6.08 Å². The molecule has 150 valence electrons. The van der Waals surface area contributed by atoms with E-state index >= 15 is 0 Å². The maximum absolute atomic E-state index is 12.5. The zero-order valence-electron chi connectivity index (χ0n) is 15.9. The van der Waals surface area contributed by atoms with Crippen LogP contribution < -0.4 is 0 Å². The van der Waals surface area contributed by atoms with Crippen LogP contribution in [0.15, 0.2) is 42.2 Å². The van der Waals surface area contributed by atoms with Gasteiger partial charge in [-0.1, -0.05) is 30.3 Å². The van der Waals surface area contributed by atoms with Gasteiger partial charge in [-0.3, -0.25) is 19.2 Å². The molecule has 0 amide bonds. The summed E-state index contributed by atoms with van der Waals surface area (Å²) in [5, 5.41) is 0. The van der Waals surface area contributed by atoms with Gasteiger partial charge in [0.1, 0.15) is 18.5 Å². The van der Waals surface area contributed by atoms with Crippen molar-refractivity contribution >= 4 is 23.7 Å². The molecule has 0 aliphatic carbocycles. The summed E-state index contributed by atoms with van der Waals surface area (Å²) >= 11 is 0. The Morgan fingerprint density at radius 1 is 0.964 bits per heavy atom. The Bertz CT molecular complexity index is 768. The minimum absolute atomic E-state index is 0.0296. The molecule has 0 unspecified atom stereocenters. The molecule has 1 aliphatic rings. The van der Waals surface area contributed by atoms with Crippen LogP contribution >= 0.6 is 0 Å². The summed E-state index contributed by atoms with van der Waals surface area (Å²) in [5.74, 6) is -1.94. The number of benzene rings is 1. The maximum Gasteiger partial charge on any atom is 0.307 e. The second kappa shape index (κ2) is 9.80. The van der Waals surface area contributed by atoms with E-state index in [2.05, 4.69) is 0 Å². The van der Waals surface area contributed by atoms with Gasteiger partial charge in [-0.2, -0.15) is 0 Å². The Morgan fingerprint density at radius 3 is 2.21 bits per heavy atom. The summed E-state index contributed by atoms with van der Waals surface area (Å²) in [6.07, 6.45) is -1.36. The predicted molar refractivity (Wildman–Crippen MR) is 96.1 cm³/mol. The van der Waals surface area contributed by atoms with Crippen molar-refractivity contribution in [3.05, 3.63) is 47.7 Å². The highest BCUT2D eigenvalue weighted by Crippen LogP contribution is 2.27. The van der Waals surface area contributed by atoms with Gasteiger partial charge in [-0.15, -0.1) is 0 Å². The number of Topliss-reactive ketones (excluding diaryl/α,β-unsaturated/α-hetero) is 1. The van der Waals surface area contributed by atoms with Gasteiger partial charge in [0.15, 0.2) is 11.9 Å². The van der Waals surface area contributed by atoms with Crippen molar-refractivity contribution in [3.8, 4) is 0 Å². The monoisotopic (exact) mass is 390 g/mol. The molecule has 0 aromatic heterocycles. The van der Waals surface area contributed by atoms with E-state index < -0.39 is 36.2 Å². The molecular weight excluding hydrogens is 368 g/mol. The maximum atomic E-state index is 12.5. The van der Waals surface area contributed by atoms with Gasteiger partial charge < -0.3 is 18.9 Å². The number of esters is 3. The largest absolute Gasteiger partial charge is 0.463 e. The Balaban J connectivity index is 2.26. The highest BCUT2D eigenvalue weighted by atomic mass is 16.6. The smallest absolute Gasteiger partial charge is 0.307 e.